The molecule has 0 bridgehead atoms. The van der Waals surface area contributed by atoms with Gasteiger partial charge >= 0.3 is 0 Å². The van der Waals surface area contributed by atoms with Gasteiger partial charge in [-0.15, -0.1) is 11.6 Å². The number of hydrogen-bond acceptors (Lipinski definition) is 2. The molecular weight excluding hydrogens is 281 g/mol. The predicted molar refractivity (Wildman–Crippen MR) is 77.3 cm³/mol. The van der Waals surface area contributed by atoms with Crippen molar-refractivity contribution in [2.75, 3.05) is 6.54 Å². The molecule has 1 unspecified atom stereocenters. The molecule has 0 radical (unpaired) electrons. The Labute approximate surface area is 121 Å². The summed E-state index contributed by atoms with van der Waals surface area (Å²) in [7, 11) is 0. The standard InChI is InChI=1S/C14H17ClFN3O/c1-3-17-12(20)7-8-19-11-6-4-5-10(16)13(11)18-14(19)9(2)15/h4-6,9H,3,7-8H2,1-2H3,(H,17,20). The molecule has 1 heterocycles. The van der Waals surface area contributed by atoms with Gasteiger partial charge in [0.15, 0.2) is 5.82 Å². The molecule has 108 valence electrons. The number of rotatable bonds is 5. The number of aryl methyl sites for hydroxylation is 1. The summed E-state index contributed by atoms with van der Waals surface area (Å²) < 4.78 is 15.6. The lowest BCUT2D eigenvalue weighted by atomic mass is 10.3. The molecule has 0 spiro atoms. The van der Waals surface area contributed by atoms with Crippen molar-refractivity contribution in [3.05, 3.63) is 29.8 Å². The van der Waals surface area contributed by atoms with Crippen molar-refractivity contribution < 1.29 is 9.18 Å². The average Bonchev–Trinajstić information content (AvgIpc) is 2.77. The van der Waals surface area contributed by atoms with Crippen LogP contribution in [0.1, 0.15) is 31.5 Å². The van der Waals surface area contributed by atoms with E-state index in [-0.39, 0.29) is 17.1 Å². The SMILES string of the molecule is CCNC(=O)CCn1c(C(C)Cl)nc2c(F)cccc21. The van der Waals surface area contributed by atoms with Gasteiger partial charge < -0.3 is 9.88 Å². The van der Waals surface area contributed by atoms with Crippen LogP contribution in [0.5, 0.6) is 0 Å². The highest BCUT2D eigenvalue weighted by molar-refractivity contribution is 6.20. The first-order valence-corrected chi connectivity index (χ1v) is 7.03. The maximum atomic E-state index is 13.8. The number of aromatic nitrogens is 2. The largest absolute Gasteiger partial charge is 0.356 e. The smallest absolute Gasteiger partial charge is 0.221 e. The Bertz CT molecular complexity index is 624. The van der Waals surface area contributed by atoms with Crippen molar-refractivity contribution in [3.63, 3.8) is 0 Å². The van der Waals surface area contributed by atoms with Crippen molar-refractivity contribution in [3.8, 4) is 0 Å². The van der Waals surface area contributed by atoms with Crippen molar-refractivity contribution in [2.45, 2.75) is 32.2 Å². The number of alkyl halides is 1. The van der Waals surface area contributed by atoms with E-state index in [1.807, 2.05) is 11.5 Å². The third-order valence-corrected chi connectivity index (χ3v) is 3.25. The first kappa shape index (κ1) is 14.8. The van der Waals surface area contributed by atoms with Crippen LogP contribution in [0.2, 0.25) is 0 Å². The minimum absolute atomic E-state index is 0.0427. The lowest BCUT2D eigenvalue weighted by Gasteiger charge is -2.10. The van der Waals surface area contributed by atoms with Crippen molar-refractivity contribution >= 4 is 28.5 Å². The van der Waals surface area contributed by atoms with Crippen LogP contribution in [-0.4, -0.2) is 22.0 Å². The van der Waals surface area contributed by atoms with Crippen molar-refractivity contribution in [1.29, 1.82) is 0 Å². The fourth-order valence-electron chi connectivity index (χ4n) is 2.17. The van der Waals surface area contributed by atoms with Gasteiger partial charge in [-0.2, -0.15) is 0 Å². The lowest BCUT2D eigenvalue weighted by Crippen LogP contribution is -2.24. The molecule has 1 atom stereocenters. The summed E-state index contributed by atoms with van der Waals surface area (Å²) in [6.07, 6.45) is 0.312. The summed E-state index contributed by atoms with van der Waals surface area (Å²) >= 11 is 6.10. The predicted octanol–water partition coefficient (Wildman–Crippen LogP) is 3.00. The molecule has 4 nitrogen and oxygen atoms in total. The monoisotopic (exact) mass is 297 g/mol. The molecule has 0 aliphatic rings. The van der Waals surface area contributed by atoms with Crippen LogP contribution in [0.15, 0.2) is 18.2 Å². The Morgan fingerprint density at radius 1 is 1.55 bits per heavy atom. The fraction of sp³-hybridized carbons (Fsp3) is 0.429. The Hall–Kier alpha value is -1.62. The molecule has 0 fully saturated rings. The molecular formula is C14H17ClFN3O. The van der Waals surface area contributed by atoms with Gasteiger partial charge in [0, 0.05) is 19.5 Å². The van der Waals surface area contributed by atoms with E-state index < -0.39 is 0 Å². The summed E-state index contributed by atoms with van der Waals surface area (Å²) in [6, 6.07) is 4.78. The van der Waals surface area contributed by atoms with Crippen LogP contribution < -0.4 is 5.32 Å². The van der Waals surface area contributed by atoms with Crippen molar-refractivity contribution in [2.24, 2.45) is 0 Å². The Morgan fingerprint density at radius 2 is 2.30 bits per heavy atom. The quantitative estimate of drug-likeness (QED) is 0.862. The maximum absolute atomic E-state index is 13.8. The third kappa shape index (κ3) is 2.93. The molecule has 1 N–H and O–H groups in total. The number of carbonyl (C=O) groups excluding carboxylic acids is 1. The Balaban J connectivity index is 2.37. The van der Waals surface area contributed by atoms with Gasteiger partial charge in [0.05, 0.1) is 10.9 Å². The number of para-hydroxylation sites is 1. The van der Waals surface area contributed by atoms with Gasteiger partial charge in [-0.25, -0.2) is 9.37 Å². The molecule has 1 aromatic heterocycles. The van der Waals surface area contributed by atoms with E-state index in [1.54, 1.807) is 19.1 Å². The Kier molecular flexibility index (Phi) is 4.60. The van der Waals surface area contributed by atoms with Gasteiger partial charge in [-0.05, 0) is 26.0 Å². The van der Waals surface area contributed by atoms with E-state index >= 15 is 0 Å². The average molecular weight is 298 g/mol. The molecule has 0 aliphatic heterocycles. The zero-order chi connectivity index (χ0) is 14.7. The van der Waals surface area contributed by atoms with E-state index in [2.05, 4.69) is 10.3 Å². The highest BCUT2D eigenvalue weighted by Gasteiger charge is 2.17. The van der Waals surface area contributed by atoms with Crippen LogP contribution >= 0.6 is 11.6 Å². The van der Waals surface area contributed by atoms with Gasteiger partial charge in [0.25, 0.3) is 0 Å². The lowest BCUT2D eigenvalue weighted by molar-refractivity contribution is -0.121. The van der Waals surface area contributed by atoms with Gasteiger partial charge in [0.2, 0.25) is 5.91 Å². The highest BCUT2D eigenvalue weighted by atomic mass is 35.5. The molecule has 6 heteroatoms. The van der Waals surface area contributed by atoms with Crippen LogP contribution in [0, 0.1) is 5.82 Å². The molecule has 1 amide bonds. The van der Waals surface area contributed by atoms with E-state index in [4.69, 9.17) is 11.6 Å². The minimum Gasteiger partial charge on any atom is -0.356 e. The number of carbonyl (C=O) groups is 1. The van der Waals surface area contributed by atoms with E-state index in [1.165, 1.54) is 6.07 Å². The van der Waals surface area contributed by atoms with E-state index in [0.29, 0.717) is 36.4 Å². The highest BCUT2D eigenvalue weighted by Crippen LogP contribution is 2.26. The normalized spacial score (nSPS) is 12.6. The number of fused-ring (bicyclic) bond motifs is 1. The number of benzene rings is 1. The minimum atomic E-state index is -0.377. The molecule has 1 aromatic carbocycles. The van der Waals surface area contributed by atoms with Crippen LogP contribution in [0.25, 0.3) is 11.0 Å². The fourth-order valence-corrected chi connectivity index (χ4v) is 2.33. The summed E-state index contributed by atoms with van der Waals surface area (Å²) in [4.78, 5) is 15.8. The van der Waals surface area contributed by atoms with Gasteiger partial charge in [-0.1, -0.05) is 6.07 Å². The number of hydrogen-bond donors (Lipinski definition) is 1. The molecule has 0 aliphatic carbocycles. The topological polar surface area (TPSA) is 46.9 Å². The Morgan fingerprint density at radius 3 is 2.95 bits per heavy atom. The van der Waals surface area contributed by atoms with Crippen LogP contribution in [0.3, 0.4) is 0 Å². The number of halogens is 2. The molecule has 2 aromatic rings. The summed E-state index contributed by atoms with van der Waals surface area (Å²) in [5, 5.41) is 2.39. The number of nitrogens with zero attached hydrogens (tertiary/aromatic N) is 2. The van der Waals surface area contributed by atoms with Crippen LogP contribution in [0.4, 0.5) is 4.39 Å². The first-order chi connectivity index (χ1) is 9.54. The number of imidazole rings is 1. The van der Waals surface area contributed by atoms with Gasteiger partial charge in [0.1, 0.15) is 11.3 Å². The number of amides is 1. The van der Waals surface area contributed by atoms with E-state index in [0.717, 1.165) is 0 Å². The van der Waals surface area contributed by atoms with Crippen LogP contribution in [-0.2, 0) is 11.3 Å². The maximum Gasteiger partial charge on any atom is 0.221 e. The zero-order valence-electron chi connectivity index (χ0n) is 11.5. The number of nitrogens with one attached hydrogen (secondary N) is 1. The van der Waals surface area contributed by atoms with Crippen molar-refractivity contribution in [1.82, 2.24) is 14.9 Å². The third-order valence-electron chi connectivity index (χ3n) is 3.05. The van der Waals surface area contributed by atoms with E-state index in [9.17, 15) is 9.18 Å². The molecule has 2 rings (SSSR count). The molecule has 0 saturated heterocycles. The second-order valence-electron chi connectivity index (χ2n) is 4.55. The summed E-state index contributed by atoms with van der Waals surface area (Å²) in [5.74, 6) is 0.160. The second-order valence-corrected chi connectivity index (χ2v) is 5.20. The first-order valence-electron chi connectivity index (χ1n) is 6.60. The second kappa shape index (κ2) is 6.22. The van der Waals surface area contributed by atoms with Gasteiger partial charge in [-0.3, -0.25) is 4.79 Å². The summed E-state index contributed by atoms with van der Waals surface area (Å²) in [6.45, 7) is 4.67. The summed E-state index contributed by atoms with van der Waals surface area (Å²) in [5.41, 5.74) is 0.961. The molecule has 20 heavy (non-hydrogen) atoms. The molecule has 0 saturated carbocycles. The zero-order valence-corrected chi connectivity index (χ0v) is 12.2.